The second kappa shape index (κ2) is 9.33. The molecule has 1 aromatic carbocycles. The second-order valence-corrected chi connectivity index (χ2v) is 10.5. The highest BCUT2D eigenvalue weighted by atomic mass is 32.2. The molecule has 3 heterocycles. The first-order valence-corrected chi connectivity index (χ1v) is 12.9. The molecule has 11 heteroatoms. The summed E-state index contributed by atoms with van der Waals surface area (Å²) in [5, 5.41) is 0.628. The van der Waals surface area contributed by atoms with E-state index in [0.29, 0.717) is 17.6 Å². The average Bonchev–Trinajstić information content (AvgIpc) is 3.06. The Balaban J connectivity index is 1.26. The molecule has 0 amide bonds. The first-order valence-electron chi connectivity index (χ1n) is 10.2. The van der Waals surface area contributed by atoms with Gasteiger partial charge in [0, 0.05) is 50.8 Å². The van der Waals surface area contributed by atoms with Gasteiger partial charge in [-0.1, -0.05) is 11.5 Å². The molecule has 31 heavy (non-hydrogen) atoms. The molecule has 0 unspecified atom stereocenters. The largest absolute Gasteiger partial charge is 0.338 e. The fourth-order valence-electron chi connectivity index (χ4n) is 3.71. The summed E-state index contributed by atoms with van der Waals surface area (Å²) in [6.45, 7) is 5.48. The number of unbranched alkanes of at least 4 members (excludes halogenated alkanes) is 1. The number of rotatable bonds is 8. The van der Waals surface area contributed by atoms with E-state index in [1.807, 2.05) is 6.07 Å². The van der Waals surface area contributed by atoms with Crippen molar-refractivity contribution in [3.05, 3.63) is 47.0 Å². The third-order valence-corrected chi connectivity index (χ3v) is 6.95. The first-order chi connectivity index (χ1) is 14.9. The number of nitrogens with one attached hydrogen (secondary N) is 1. The Morgan fingerprint density at radius 2 is 1.77 bits per heavy atom. The monoisotopic (exact) mass is 462 g/mol. The summed E-state index contributed by atoms with van der Waals surface area (Å²) >= 11 is 1.38. The molecule has 2 aromatic heterocycles. The number of sulfonamides is 1. The highest BCUT2D eigenvalue weighted by Crippen LogP contribution is 2.22. The van der Waals surface area contributed by atoms with Gasteiger partial charge >= 0.3 is 0 Å². The van der Waals surface area contributed by atoms with Crippen LogP contribution in [0.5, 0.6) is 0 Å². The van der Waals surface area contributed by atoms with Gasteiger partial charge in [0.2, 0.25) is 16.0 Å². The maximum atomic E-state index is 12.6. The summed E-state index contributed by atoms with van der Waals surface area (Å²) in [6, 6.07) is 6.86. The van der Waals surface area contributed by atoms with Crippen molar-refractivity contribution < 1.29 is 8.42 Å². The molecular weight excluding hydrogens is 436 g/mol. The maximum absolute atomic E-state index is 12.6. The van der Waals surface area contributed by atoms with Crippen LogP contribution < -0.4 is 15.2 Å². The van der Waals surface area contributed by atoms with Gasteiger partial charge in [0.1, 0.15) is 0 Å². The van der Waals surface area contributed by atoms with E-state index in [4.69, 9.17) is 0 Å². The normalized spacial score (nSPS) is 15.5. The van der Waals surface area contributed by atoms with Crippen LogP contribution >= 0.6 is 11.5 Å². The van der Waals surface area contributed by atoms with Gasteiger partial charge < -0.3 is 4.90 Å². The van der Waals surface area contributed by atoms with E-state index in [1.54, 1.807) is 34.5 Å². The molecule has 9 nitrogen and oxygen atoms in total. The number of anilines is 2. The average molecular weight is 463 g/mol. The predicted molar refractivity (Wildman–Crippen MR) is 124 cm³/mol. The molecule has 0 bridgehead atoms. The predicted octanol–water partition coefficient (Wildman–Crippen LogP) is 1.83. The quantitative estimate of drug-likeness (QED) is 0.510. The van der Waals surface area contributed by atoms with E-state index < -0.39 is 10.0 Å². The Hall–Kier alpha value is -2.50. The van der Waals surface area contributed by atoms with Crippen LogP contribution in [0.15, 0.2) is 41.5 Å². The van der Waals surface area contributed by atoms with Crippen molar-refractivity contribution in [2.75, 3.05) is 48.6 Å². The van der Waals surface area contributed by atoms with Gasteiger partial charge in [-0.05, 0) is 43.7 Å². The number of piperazine rings is 1. The molecule has 1 N–H and O–H groups in total. The molecule has 1 fully saturated rings. The third-order valence-electron chi connectivity index (χ3n) is 5.24. The SMILES string of the molecule is CS(=O)(=O)Nc1ccc2c(=O)n(CCCCN3CCN(c4ncccn4)CC3)sc2c1. The molecule has 0 spiro atoms. The van der Waals surface area contributed by atoms with Crippen molar-refractivity contribution in [1.29, 1.82) is 0 Å². The van der Waals surface area contributed by atoms with Gasteiger partial charge in [-0.25, -0.2) is 18.4 Å². The summed E-state index contributed by atoms with van der Waals surface area (Å²) in [7, 11) is -3.34. The van der Waals surface area contributed by atoms with Crippen LogP contribution in [0.4, 0.5) is 11.6 Å². The minimum atomic E-state index is -3.34. The zero-order chi connectivity index (χ0) is 21.8. The molecule has 4 rings (SSSR count). The Morgan fingerprint density at radius 1 is 1.06 bits per heavy atom. The van der Waals surface area contributed by atoms with Gasteiger partial charge in [-0.15, -0.1) is 0 Å². The van der Waals surface area contributed by atoms with Crippen molar-refractivity contribution in [2.45, 2.75) is 19.4 Å². The van der Waals surface area contributed by atoms with Crippen LogP contribution in [0, 0.1) is 0 Å². The molecule has 0 saturated carbocycles. The van der Waals surface area contributed by atoms with E-state index in [1.165, 1.54) is 11.5 Å². The standard InChI is InChI=1S/C20H26N6O3S2/c1-31(28,29)23-16-5-6-17-18(15-16)30-26(19(17)27)10-3-2-9-24-11-13-25(14-12-24)20-21-7-4-8-22-20/h4-8,15,23H,2-3,9-14H2,1H3. The Bertz CT molecular complexity index is 1180. The summed E-state index contributed by atoms with van der Waals surface area (Å²) < 4.78 is 27.8. The molecule has 166 valence electrons. The lowest BCUT2D eigenvalue weighted by Crippen LogP contribution is -2.47. The zero-order valence-electron chi connectivity index (χ0n) is 17.4. The lowest BCUT2D eigenvalue weighted by atomic mass is 10.2. The highest BCUT2D eigenvalue weighted by Gasteiger charge is 2.18. The minimum Gasteiger partial charge on any atom is -0.338 e. The fourth-order valence-corrected chi connectivity index (χ4v) is 5.34. The number of aromatic nitrogens is 3. The van der Waals surface area contributed by atoms with Crippen molar-refractivity contribution in [3.8, 4) is 0 Å². The van der Waals surface area contributed by atoms with Crippen molar-refractivity contribution in [2.24, 2.45) is 0 Å². The lowest BCUT2D eigenvalue weighted by Gasteiger charge is -2.34. The van der Waals surface area contributed by atoms with Gasteiger partial charge in [0.25, 0.3) is 5.56 Å². The van der Waals surface area contributed by atoms with Crippen molar-refractivity contribution in [3.63, 3.8) is 0 Å². The molecule has 0 radical (unpaired) electrons. The Morgan fingerprint density at radius 3 is 2.48 bits per heavy atom. The van der Waals surface area contributed by atoms with Gasteiger partial charge in [0.15, 0.2) is 0 Å². The molecule has 1 aliphatic heterocycles. The minimum absolute atomic E-state index is 0.0117. The van der Waals surface area contributed by atoms with Crippen molar-refractivity contribution in [1.82, 2.24) is 18.8 Å². The van der Waals surface area contributed by atoms with E-state index in [2.05, 4.69) is 24.5 Å². The first kappa shape index (κ1) is 21.7. The number of benzene rings is 1. The Labute approximate surface area is 185 Å². The fraction of sp³-hybridized carbons (Fsp3) is 0.450. The van der Waals surface area contributed by atoms with Crippen LogP contribution in [-0.2, 0) is 16.6 Å². The molecule has 1 aliphatic rings. The van der Waals surface area contributed by atoms with E-state index in [-0.39, 0.29) is 5.56 Å². The molecule has 0 aliphatic carbocycles. The smallest absolute Gasteiger partial charge is 0.268 e. The number of fused-ring (bicyclic) bond motifs is 1. The summed E-state index contributed by atoms with van der Waals surface area (Å²) in [5.74, 6) is 0.793. The van der Waals surface area contributed by atoms with E-state index in [9.17, 15) is 13.2 Å². The van der Waals surface area contributed by atoms with Gasteiger partial charge in [-0.2, -0.15) is 0 Å². The van der Waals surface area contributed by atoms with Crippen LogP contribution in [-0.4, -0.2) is 66.2 Å². The molecule has 0 atom stereocenters. The number of hydrogen-bond acceptors (Lipinski definition) is 8. The summed E-state index contributed by atoms with van der Waals surface area (Å²) in [5.41, 5.74) is 0.464. The lowest BCUT2D eigenvalue weighted by molar-refractivity contribution is 0.250. The van der Waals surface area contributed by atoms with Gasteiger partial charge in [0.05, 0.1) is 16.3 Å². The third kappa shape index (κ3) is 5.60. The number of nitrogens with zero attached hydrogens (tertiary/aromatic N) is 5. The molecule has 1 saturated heterocycles. The maximum Gasteiger partial charge on any atom is 0.268 e. The van der Waals surface area contributed by atoms with Crippen LogP contribution in [0.1, 0.15) is 12.8 Å². The molecule has 3 aromatic rings. The highest BCUT2D eigenvalue weighted by molar-refractivity contribution is 7.92. The number of hydrogen-bond donors (Lipinski definition) is 1. The van der Waals surface area contributed by atoms with E-state index in [0.717, 1.165) is 62.5 Å². The topological polar surface area (TPSA) is 100 Å². The zero-order valence-corrected chi connectivity index (χ0v) is 19.0. The van der Waals surface area contributed by atoms with E-state index >= 15 is 0 Å². The van der Waals surface area contributed by atoms with Crippen LogP contribution in [0.25, 0.3) is 10.1 Å². The van der Waals surface area contributed by atoms with Crippen LogP contribution in [0.2, 0.25) is 0 Å². The van der Waals surface area contributed by atoms with Crippen molar-refractivity contribution >= 4 is 43.3 Å². The van der Waals surface area contributed by atoms with Gasteiger partial charge in [-0.3, -0.25) is 18.4 Å². The molecular formula is C20H26N6O3S2. The summed E-state index contributed by atoms with van der Waals surface area (Å²) in [4.78, 5) is 25.9. The second-order valence-electron chi connectivity index (χ2n) is 7.67. The van der Waals surface area contributed by atoms with Crippen LogP contribution in [0.3, 0.4) is 0 Å². The Kier molecular flexibility index (Phi) is 6.54. The summed E-state index contributed by atoms with van der Waals surface area (Å²) in [6.07, 6.45) is 6.59. The number of aryl methyl sites for hydroxylation is 1.